The van der Waals surface area contributed by atoms with Gasteiger partial charge in [0.25, 0.3) is 5.91 Å². The molecule has 3 atom stereocenters. The third kappa shape index (κ3) is 4.17. The molecule has 2 aromatic carbocycles. The molecule has 2 unspecified atom stereocenters. The number of esters is 1. The van der Waals surface area contributed by atoms with Crippen LogP contribution >= 0.6 is 0 Å². The molecule has 6 heteroatoms. The number of carbonyl (C=O) groups is 2. The highest BCUT2D eigenvalue weighted by Crippen LogP contribution is 2.53. The fraction of sp³-hybridized carbons (Fsp3) is 0.462. The smallest absolute Gasteiger partial charge is 0.308 e. The first-order valence-corrected chi connectivity index (χ1v) is 11.3. The van der Waals surface area contributed by atoms with Crippen molar-refractivity contribution >= 4 is 11.9 Å². The van der Waals surface area contributed by atoms with Crippen LogP contribution in [0.1, 0.15) is 48.5 Å². The van der Waals surface area contributed by atoms with E-state index in [4.69, 9.17) is 9.47 Å². The van der Waals surface area contributed by atoms with Gasteiger partial charge in [0.05, 0.1) is 5.60 Å². The molecule has 1 saturated carbocycles. The molecule has 1 N–H and O–H groups in total. The Morgan fingerprint density at radius 1 is 1.09 bits per heavy atom. The normalized spacial score (nSPS) is 27.9. The SMILES string of the molecule is COC12CC[C@@H](NC(=O)c3ccccc3)CC1(c1cccc(OC(C)=O)c1)CCN(C)C2. The Morgan fingerprint density at radius 2 is 1.88 bits per heavy atom. The molecule has 32 heavy (non-hydrogen) atoms. The number of amides is 1. The summed E-state index contributed by atoms with van der Waals surface area (Å²) < 4.78 is 11.7. The van der Waals surface area contributed by atoms with Crippen molar-refractivity contribution < 1.29 is 19.1 Å². The molecular weight excluding hydrogens is 404 g/mol. The van der Waals surface area contributed by atoms with Crippen LogP contribution in [0.2, 0.25) is 0 Å². The van der Waals surface area contributed by atoms with Gasteiger partial charge in [-0.2, -0.15) is 0 Å². The van der Waals surface area contributed by atoms with Crippen molar-refractivity contribution in [3.8, 4) is 5.75 Å². The predicted octanol–water partition coefficient (Wildman–Crippen LogP) is 3.55. The summed E-state index contributed by atoms with van der Waals surface area (Å²) in [6, 6.07) is 17.2. The molecule has 0 aromatic heterocycles. The number of benzene rings is 2. The number of fused-ring (bicyclic) bond motifs is 1. The Labute approximate surface area is 189 Å². The van der Waals surface area contributed by atoms with E-state index in [9.17, 15) is 9.59 Å². The minimum atomic E-state index is -0.372. The van der Waals surface area contributed by atoms with Crippen LogP contribution < -0.4 is 10.1 Å². The van der Waals surface area contributed by atoms with E-state index in [1.54, 1.807) is 7.11 Å². The molecule has 1 aliphatic heterocycles. The first kappa shape index (κ1) is 22.5. The van der Waals surface area contributed by atoms with E-state index in [1.807, 2.05) is 48.5 Å². The lowest BCUT2D eigenvalue weighted by molar-refractivity contribution is -0.144. The second kappa shape index (κ2) is 9.04. The van der Waals surface area contributed by atoms with Crippen LogP contribution in [0.5, 0.6) is 5.75 Å². The van der Waals surface area contributed by atoms with Gasteiger partial charge < -0.3 is 19.7 Å². The number of nitrogens with zero attached hydrogens (tertiary/aromatic N) is 1. The number of rotatable bonds is 5. The minimum absolute atomic E-state index is 0.0340. The van der Waals surface area contributed by atoms with E-state index < -0.39 is 0 Å². The number of nitrogens with one attached hydrogen (secondary N) is 1. The van der Waals surface area contributed by atoms with Gasteiger partial charge in [-0.05, 0) is 69.1 Å². The summed E-state index contributed by atoms with van der Waals surface area (Å²) in [5, 5.41) is 3.27. The van der Waals surface area contributed by atoms with Crippen molar-refractivity contribution in [2.75, 3.05) is 27.2 Å². The number of piperidine rings is 1. The topological polar surface area (TPSA) is 67.9 Å². The van der Waals surface area contributed by atoms with Gasteiger partial charge in [0.15, 0.2) is 0 Å². The van der Waals surface area contributed by atoms with Crippen molar-refractivity contribution in [1.82, 2.24) is 10.2 Å². The molecular formula is C26H32N2O4. The van der Waals surface area contributed by atoms with E-state index in [0.717, 1.165) is 44.3 Å². The first-order valence-electron chi connectivity index (χ1n) is 11.3. The average Bonchev–Trinajstić information content (AvgIpc) is 2.79. The van der Waals surface area contributed by atoms with Crippen molar-refractivity contribution in [2.45, 2.75) is 49.7 Å². The molecule has 1 amide bonds. The van der Waals surface area contributed by atoms with Gasteiger partial charge in [0, 0.05) is 37.6 Å². The van der Waals surface area contributed by atoms with Gasteiger partial charge >= 0.3 is 5.97 Å². The number of likely N-dealkylation sites (tertiary alicyclic amines) is 1. The van der Waals surface area contributed by atoms with E-state index in [1.165, 1.54) is 6.92 Å². The lowest BCUT2D eigenvalue weighted by Crippen LogP contribution is -2.67. The quantitative estimate of drug-likeness (QED) is 0.574. The molecule has 2 aliphatic rings. The summed E-state index contributed by atoms with van der Waals surface area (Å²) in [4.78, 5) is 26.8. The number of methoxy groups -OCH3 is 1. The molecule has 1 heterocycles. The Balaban J connectivity index is 1.68. The average molecular weight is 437 g/mol. The molecule has 0 spiro atoms. The Hall–Kier alpha value is -2.70. The summed E-state index contributed by atoms with van der Waals surface area (Å²) in [7, 11) is 3.93. The van der Waals surface area contributed by atoms with E-state index in [-0.39, 0.29) is 28.9 Å². The fourth-order valence-corrected chi connectivity index (χ4v) is 5.70. The Morgan fingerprint density at radius 3 is 2.59 bits per heavy atom. The zero-order chi connectivity index (χ0) is 22.8. The summed E-state index contributed by atoms with van der Waals surface area (Å²) in [5.74, 6) is 0.165. The van der Waals surface area contributed by atoms with Gasteiger partial charge in [0.1, 0.15) is 5.75 Å². The molecule has 0 bridgehead atoms. The lowest BCUT2D eigenvalue weighted by Gasteiger charge is -2.59. The van der Waals surface area contributed by atoms with Gasteiger partial charge in [-0.25, -0.2) is 0 Å². The summed E-state index contributed by atoms with van der Waals surface area (Å²) in [6.45, 7) is 3.17. The number of ether oxygens (including phenoxy) is 2. The third-order valence-corrected chi connectivity index (χ3v) is 7.22. The highest BCUT2D eigenvalue weighted by Gasteiger charge is 2.58. The number of hydrogen-bond donors (Lipinski definition) is 1. The zero-order valence-corrected chi connectivity index (χ0v) is 19.1. The molecule has 2 aromatic rings. The monoisotopic (exact) mass is 436 g/mol. The lowest BCUT2D eigenvalue weighted by atomic mass is 9.55. The first-order chi connectivity index (χ1) is 15.4. The van der Waals surface area contributed by atoms with Crippen molar-refractivity contribution in [2.24, 2.45) is 0 Å². The number of hydrogen-bond acceptors (Lipinski definition) is 5. The highest BCUT2D eigenvalue weighted by atomic mass is 16.5. The van der Waals surface area contributed by atoms with Gasteiger partial charge in [-0.1, -0.05) is 30.3 Å². The predicted molar refractivity (Wildman–Crippen MR) is 123 cm³/mol. The Kier molecular flexibility index (Phi) is 6.35. The standard InChI is InChI=1S/C26H32N2O4/c1-19(29)32-23-11-7-10-21(16-23)25-14-15-28(2)18-26(25,31-3)13-12-22(17-25)27-24(30)20-8-5-4-6-9-20/h4-11,16,22H,12-15,17-18H2,1-3H3,(H,27,30)/t22-,25?,26?/m1/s1. The van der Waals surface area contributed by atoms with Crippen LogP contribution in [-0.4, -0.2) is 55.7 Å². The maximum absolute atomic E-state index is 12.9. The van der Waals surface area contributed by atoms with Crippen LogP contribution in [0.3, 0.4) is 0 Å². The molecule has 1 aliphatic carbocycles. The van der Waals surface area contributed by atoms with Crippen LogP contribution in [-0.2, 0) is 14.9 Å². The van der Waals surface area contributed by atoms with E-state index in [0.29, 0.717) is 11.3 Å². The maximum atomic E-state index is 12.9. The van der Waals surface area contributed by atoms with Crippen LogP contribution in [0.25, 0.3) is 0 Å². The van der Waals surface area contributed by atoms with Crippen molar-refractivity contribution in [3.05, 3.63) is 65.7 Å². The van der Waals surface area contributed by atoms with Gasteiger partial charge in [0.2, 0.25) is 0 Å². The third-order valence-electron chi connectivity index (χ3n) is 7.22. The molecule has 2 fully saturated rings. The van der Waals surface area contributed by atoms with Crippen molar-refractivity contribution in [1.29, 1.82) is 0 Å². The molecule has 0 radical (unpaired) electrons. The summed E-state index contributed by atoms with van der Waals surface area (Å²) in [6.07, 6.45) is 3.37. The second-order valence-corrected chi connectivity index (χ2v) is 9.17. The van der Waals surface area contributed by atoms with Crippen molar-refractivity contribution in [3.63, 3.8) is 0 Å². The van der Waals surface area contributed by atoms with Gasteiger partial charge in [-0.15, -0.1) is 0 Å². The zero-order valence-electron chi connectivity index (χ0n) is 19.1. The molecule has 1 saturated heterocycles. The van der Waals surface area contributed by atoms with E-state index >= 15 is 0 Å². The number of carbonyl (C=O) groups excluding carboxylic acids is 2. The van der Waals surface area contributed by atoms with Crippen LogP contribution in [0, 0.1) is 0 Å². The number of likely N-dealkylation sites (N-methyl/N-ethyl adjacent to an activating group) is 1. The van der Waals surface area contributed by atoms with E-state index in [2.05, 4.69) is 23.3 Å². The summed E-state index contributed by atoms with van der Waals surface area (Å²) in [5.41, 5.74) is 1.11. The molecule has 4 rings (SSSR count). The molecule has 6 nitrogen and oxygen atoms in total. The van der Waals surface area contributed by atoms with Crippen LogP contribution in [0.15, 0.2) is 54.6 Å². The maximum Gasteiger partial charge on any atom is 0.308 e. The Bertz CT molecular complexity index is 979. The van der Waals surface area contributed by atoms with Crippen LogP contribution in [0.4, 0.5) is 0 Å². The largest absolute Gasteiger partial charge is 0.427 e. The van der Waals surface area contributed by atoms with Gasteiger partial charge in [-0.3, -0.25) is 9.59 Å². The molecule has 170 valence electrons. The minimum Gasteiger partial charge on any atom is -0.427 e. The highest BCUT2D eigenvalue weighted by molar-refractivity contribution is 5.94. The summed E-state index contributed by atoms with van der Waals surface area (Å²) >= 11 is 0. The fourth-order valence-electron chi connectivity index (χ4n) is 5.70. The second-order valence-electron chi connectivity index (χ2n) is 9.17.